The Morgan fingerprint density at radius 3 is 1.60 bits per heavy atom. The standard InChI is InChI=1S/C14H9ClF3N3.C10H17BN2O2.C10H4Cl2F3N.CH4/c1-21-7-8(6-19-21)13-10(14(16,17)18)5-9-11(15)3-2-4-12(9)20-13;1-9(2)10(3,4)15-11(14-9)8-6-12-13(5)7-8;11-7-2-1-3-8-5(7)4-6(9(12)16-8)10(13,14)15;/h2-7H,1H3;6-7H,1-5H3;1-4H;1H4. The predicted octanol–water partition coefficient (Wildman–Crippen LogP) is 10.2. The van der Waals surface area contributed by atoms with E-state index in [-0.39, 0.29) is 52.3 Å². The van der Waals surface area contributed by atoms with Gasteiger partial charge in [-0.25, -0.2) is 9.97 Å². The highest BCUT2D eigenvalue weighted by Crippen LogP contribution is 2.40. The number of halogens is 9. The number of hydrogen-bond acceptors (Lipinski definition) is 6. The molecule has 5 heterocycles. The van der Waals surface area contributed by atoms with Gasteiger partial charge in [-0.2, -0.15) is 36.5 Å². The molecule has 1 aliphatic heterocycles. The Hall–Kier alpha value is -3.89. The lowest BCUT2D eigenvalue weighted by Crippen LogP contribution is -2.41. The van der Waals surface area contributed by atoms with E-state index >= 15 is 0 Å². The molecule has 53 heavy (non-hydrogen) atoms. The van der Waals surface area contributed by atoms with E-state index < -0.39 is 28.6 Å². The summed E-state index contributed by atoms with van der Waals surface area (Å²) in [7, 11) is 3.22. The third kappa shape index (κ3) is 9.26. The van der Waals surface area contributed by atoms with E-state index in [2.05, 4.69) is 20.2 Å². The van der Waals surface area contributed by atoms with Crippen LogP contribution in [-0.2, 0) is 35.8 Å². The van der Waals surface area contributed by atoms with E-state index in [0.717, 1.165) is 17.6 Å². The van der Waals surface area contributed by atoms with Crippen molar-refractivity contribution in [2.24, 2.45) is 14.1 Å². The molecule has 0 amide bonds. The molecule has 4 aromatic heterocycles. The Balaban J connectivity index is 0.000000179. The van der Waals surface area contributed by atoms with Crippen LogP contribution >= 0.6 is 34.8 Å². The number of alkyl halides is 6. The second-order valence-corrected chi connectivity index (χ2v) is 13.9. The summed E-state index contributed by atoms with van der Waals surface area (Å²) in [6, 6.07) is 11.4. The van der Waals surface area contributed by atoms with Crippen molar-refractivity contribution in [3.63, 3.8) is 0 Å². The topological polar surface area (TPSA) is 79.9 Å². The lowest BCUT2D eigenvalue weighted by molar-refractivity contribution is -0.138. The van der Waals surface area contributed by atoms with Crippen LogP contribution in [0.2, 0.25) is 15.2 Å². The first-order chi connectivity index (χ1) is 24.1. The molecular formula is C35H34BCl3F6N6O2. The van der Waals surface area contributed by atoms with Crippen LogP contribution in [0.3, 0.4) is 0 Å². The second kappa shape index (κ2) is 15.5. The normalized spacial score (nSPS) is 15.0. The summed E-state index contributed by atoms with van der Waals surface area (Å²) in [6.07, 6.45) is -2.50. The molecule has 1 aliphatic rings. The van der Waals surface area contributed by atoms with Crippen molar-refractivity contribution in [3.05, 3.63) is 99.6 Å². The molecule has 0 bridgehead atoms. The molecule has 0 spiro atoms. The molecule has 7 rings (SSSR count). The summed E-state index contributed by atoms with van der Waals surface area (Å²) in [6.45, 7) is 8.18. The van der Waals surface area contributed by atoms with Gasteiger partial charge in [0.2, 0.25) is 0 Å². The van der Waals surface area contributed by atoms with Crippen LogP contribution in [0, 0.1) is 0 Å². The van der Waals surface area contributed by atoms with Gasteiger partial charge in [-0.3, -0.25) is 9.36 Å². The van der Waals surface area contributed by atoms with Crippen molar-refractivity contribution in [3.8, 4) is 11.3 Å². The highest BCUT2D eigenvalue weighted by Gasteiger charge is 2.52. The van der Waals surface area contributed by atoms with Crippen molar-refractivity contribution in [2.75, 3.05) is 0 Å². The molecule has 6 aromatic rings. The fourth-order valence-electron chi connectivity index (χ4n) is 5.01. The number of hydrogen-bond donors (Lipinski definition) is 0. The third-order valence-corrected chi connectivity index (χ3v) is 9.35. The van der Waals surface area contributed by atoms with E-state index in [1.165, 1.54) is 29.2 Å². The Bertz CT molecular complexity index is 2220. The van der Waals surface area contributed by atoms with Gasteiger partial charge in [-0.05, 0) is 64.1 Å². The van der Waals surface area contributed by atoms with Gasteiger partial charge in [0.25, 0.3) is 0 Å². The summed E-state index contributed by atoms with van der Waals surface area (Å²) in [5.41, 5.74) is -0.486. The molecule has 282 valence electrons. The number of nitrogens with zero attached hydrogens (tertiary/aromatic N) is 6. The number of aryl methyl sites for hydroxylation is 2. The molecule has 0 N–H and O–H groups in total. The van der Waals surface area contributed by atoms with Crippen molar-refractivity contribution in [1.29, 1.82) is 0 Å². The number of fused-ring (bicyclic) bond motifs is 2. The van der Waals surface area contributed by atoms with Crippen LogP contribution in [0.5, 0.6) is 0 Å². The molecule has 1 saturated heterocycles. The van der Waals surface area contributed by atoms with Crippen molar-refractivity contribution >= 4 is 69.2 Å². The van der Waals surface area contributed by atoms with Crippen LogP contribution in [0.4, 0.5) is 26.3 Å². The zero-order valence-corrected chi connectivity index (χ0v) is 30.7. The van der Waals surface area contributed by atoms with Gasteiger partial charge in [0.05, 0.1) is 45.3 Å². The largest absolute Gasteiger partial charge is 0.498 e. The van der Waals surface area contributed by atoms with Crippen molar-refractivity contribution in [2.45, 2.75) is 58.7 Å². The molecule has 1 fully saturated rings. The fraction of sp³-hybridized carbons (Fsp3) is 0.314. The Morgan fingerprint density at radius 2 is 1.15 bits per heavy atom. The van der Waals surface area contributed by atoms with Crippen LogP contribution in [-0.4, -0.2) is 47.8 Å². The van der Waals surface area contributed by atoms with Gasteiger partial charge < -0.3 is 9.31 Å². The minimum atomic E-state index is -4.53. The highest BCUT2D eigenvalue weighted by molar-refractivity contribution is 6.62. The van der Waals surface area contributed by atoms with Gasteiger partial charge in [0.1, 0.15) is 5.15 Å². The number of aromatic nitrogens is 6. The van der Waals surface area contributed by atoms with Crippen molar-refractivity contribution in [1.82, 2.24) is 29.5 Å². The monoisotopic (exact) mass is 800 g/mol. The highest BCUT2D eigenvalue weighted by atomic mass is 35.5. The summed E-state index contributed by atoms with van der Waals surface area (Å²) >= 11 is 17.2. The van der Waals surface area contributed by atoms with Crippen LogP contribution < -0.4 is 5.46 Å². The summed E-state index contributed by atoms with van der Waals surface area (Å²) in [5.74, 6) is 0. The maximum Gasteiger partial charge on any atom is 0.498 e. The van der Waals surface area contributed by atoms with E-state index in [4.69, 9.17) is 44.1 Å². The molecule has 0 radical (unpaired) electrons. The SMILES string of the molecule is C.Cn1cc(-c2nc3cccc(Cl)c3cc2C(F)(F)F)cn1.Cn1cc(B2OC(C)(C)C(C)(C)O2)cn1.FC(F)(F)c1cc2c(Cl)cccc2nc1Cl. The number of rotatable bonds is 2. The van der Waals surface area contributed by atoms with Gasteiger partial charge in [-0.15, -0.1) is 0 Å². The van der Waals surface area contributed by atoms with E-state index in [1.807, 2.05) is 40.9 Å². The number of pyridine rings is 2. The maximum absolute atomic E-state index is 13.3. The number of benzene rings is 2. The quantitative estimate of drug-likeness (QED) is 0.0986. The molecule has 0 unspecified atom stereocenters. The van der Waals surface area contributed by atoms with Crippen LogP contribution in [0.15, 0.2) is 73.3 Å². The summed E-state index contributed by atoms with van der Waals surface area (Å²) in [5, 5.41) is 8.41. The maximum atomic E-state index is 13.3. The molecule has 0 atom stereocenters. The minimum absolute atomic E-state index is 0. The van der Waals surface area contributed by atoms with Gasteiger partial charge in [0, 0.05) is 64.5 Å². The molecular weight excluding hydrogens is 768 g/mol. The molecule has 2 aromatic carbocycles. The lowest BCUT2D eigenvalue weighted by Gasteiger charge is -2.32. The van der Waals surface area contributed by atoms with Gasteiger partial charge >= 0.3 is 19.5 Å². The predicted molar refractivity (Wildman–Crippen MR) is 196 cm³/mol. The summed E-state index contributed by atoms with van der Waals surface area (Å²) < 4.78 is 92.4. The average Bonchev–Trinajstić information content (AvgIpc) is 3.72. The van der Waals surface area contributed by atoms with Crippen LogP contribution in [0.1, 0.15) is 46.2 Å². The van der Waals surface area contributed by atoms with E-state index in [1.54, 1.807) is 42.2 Å². The Kier molecular flexibility index (Phi) is 12.2. The molecule has 0 saturated carbocycles. The minimum Gasteiger partial charge on any atom is -0.399 e. The van der Waals surface area contributed by atoms with Crippen molar-refractivity contribution < 1.29 is 35.7 Å². The van der Waals surface area contributed by atoms with Gasteiger partial charge in [0.15, 0.2) is 0 Å². The van der Waals surface area contributed by atoms with Crippen LogP contribution in [0.25, 0.3) is 33.1 Å². The Morgan fingerprint density at radius 1 is 0.679 bits per heavy atom. The third-order valence-electron chi connectivity index (χ3n) is 8.40. The average molecular weight is 802 g/mol. The fourth-order valence-corrected chi connectivity index (χ4v) is 5.72. The molecule has 18 heteroatoms. The first-order valence-corrected chi connectivity index (χ1v) is 16.5. The van der Waals surface area contributed by atoms with E-state index in [9.17, 15) is 26.3 Å². The smallest absolute Gasteiger partial charge is 0.399 e. The zero-order chi connectivity index (χ0) is 38.4. The lowest BCUT2D eigenvalue weighted by atomic mass is 9.82. The van der Waals surface area contributed by atoms with E-state index in [0.29, 0.717) is 16.6 Å². The molecule has 8 nitrogen and oxygen atoms in total. The summed E-state index contributed by atoms with van der Waals surface area (Å²) in [4.78, 5) is 7.79. The zero-order valence-electron chi connectivity index (χ0n) is 28.4. The second-order valence-electron chi connectivity index (χ2n) is 12.8. The first kappa shape index (κ1) is 41.9. The molecule has 0 aliphatic carbocycles. The van der Waals surface area contributed by atoms with Gasteiger partial charge in [-0.1, -0.05) is 54.4 Å². The Labute approximate surface area is 317 Å². The first-order valence-electron chi connectivity index (χ1n) is 15.4.